The lowest BCUT2D eigenvalue weighted by Gasteiger charge is -1.84. The Morgan fingerprint density at radius 3 is 3.09 bits per heavy atom. The van der Waals surface area contributed by atoms with E-state index in [4.69, 9.17) is 4.42 Å². The summed E-state index contributed by atoms with van der Waals surface area (Å²) in [5.41, 5.74) is 1.08. The van der Waals surface area contributed by atoms with Crippen molar-refractivity contribution in [1.82, 2.24) is 4.98 Å². The lowest BCUT2D eigenvalue weighted by atomic mass is 10.3. The molecular formula is C8H5FNO. The standard InChI is InChI=1S/C8H5FNO/c1-5-10-7-4-6(9)2-3-8(7)11-5/h2-4H,1H2. The Balaban J connectivity index is 2.82. The van der Waals surface area contributed by atoms with Gasteiger partial charge in [-0.3, -0.25) is 0 Å². The lowest BCUT2D eigenvalue weighted by Crippen LogP contribution is -1.72. The summed E-state index contributed by atoms with van der Waals surface area (Å²) in [5.74, 6) is -0.00333. The molecule has 0 unspecified atom stereocenters. The second-order valence-corrected chi connectivity index (χ2v) is 2.22. The molecule has 0 aliphatic carbocycles. The highest BCUT2D eigenvalue weighted by atomic mass is 19.1. The van der Waals surface area contributed by atoms with E-state index in [0.29, 0.717) is 17.0 Å². The highest BCUT2D eigenvalue weighted by Gasteiger charge is 2.01. The number of oxazole rings is 1. The molecule has 1 radical (unpaired) electrons. The van der Waals surface area contributed by atoms with E-state index in [2.05, 4.69) is 11.9 Å². The number of benzene rings is 1. The van der Waals surface area contributed by atoms with E-state index in [1.54, 1.807) is 0 Å². The zero-order valence-corrected chi connectivity index (χ0v) is 5.67. The van der Waals surface area contributed by atoms with Crippen molar-refractivity contribution in [1.29, 1.82) is 0 Å². The van der Waals surface area contributed by atoms with Crippen LogP contribution in [0, 0.1) is 12.7 Å². The van der Waals surface area contributed by atoms with Gasteiger partial charge in [-0.15, -0.1) is 0 Å². The Kier molecular flexibility index (Phi) is 1.18. The molecule has 0 saturated heterocycles. The fourth-order valence-corrected chi connectivity index (χ4v) is 0.948. The van der Waals surface area contributed by atoms with E-state index >= 15 is 0 Å². The molecular weight excluding hydrogens is 145 g/mol. The molecule has 11 heavy (non-hydrogen) atoms. The van der Waals surface area contributed by atoms with Crippen LogP contribution in [0.5, 0.6) is 0 Å². The molecule has 0 atom stereocenters. The Morgan fingerprint density at radius 2 is 2.27 bits per heavy atom. The Bertz CT molecular complexity index is 394. The van der Waals surface area contributed by atoms with Crippen molar-refractivity contribution < 1.29 is 8.81 Å². The smallest absolute Gasteiger partial charge is 0.195 e. The van der Waals surface area contributed by atoms with E-state index in [-0.39, 0.29) is 5.82 Å². The van der Waals surface area contributed by atoms with Crippen LogP contribution in [0.3, 0.4) is 0 Å². The normalized spacial score (nSPS) is 10.7. The van der Waals surface area contributed by atoms with E-state index in [1.165, 1.54) is 18.2 Å². The zero-order chi connectivity index (χ0) is 7.84. The van der Waals surface area contributed by atoms with E-state index in [9.17, 15) is 4.39 Å². The average Bonchev–Trinajstić information content (AvgIpc) is 2.27. The molecule has 1 aromatic heterocycles. The van der Waals surface area contributed by atoms with Gasteiger partial charge in [-0.05, 0) is 12.1 Å². The third-order valence-electron chi connectivity index (χ3n) is 1.39. The van der Waals surface area contributed by atoms with Crippen molar-refractivity contribution in [2.45, 2.75) is 0 Å². The summed E-state index contributed by atoms with van der Waals surface area (Å²) >= 11 is 0. The summed E-state index contributed by atoms with van der Waals surface area (Å²) in [5, 5.41) is 0. The van der Waals surface area contributed by atoms with Gasteiger partial charge in [0.05, 0.1) is 0 Å². The summed E-state index contributed by atoms with van der Waals surface area (Å²) in [6.07, 6.45) is 0. The molecule has 55 valence electrons. The maximum Gasteiger partial charge on any atom is 0.195 e. The van der Waals surface area contributed by atoms with Crippen LogP contribution < -0.4 is 0 Å². The highest BCUT2D eigenvalue weighted by molar-refractivity contribution is 5.72. The molecule has 0 fully saturated rings. The van der Waals surface area contributed by atoms with Crippen LogP contribution >= 0.6 is 0 Å². The first-order valence-electron chi connectivity index (χ1n) is 3.14. The number of aromatic nitrogens is 1. The van der Waals surface area contributed by atoms with Gasteiger partial charge in [-0.2, -0.15) is 0 Å². The topological polar surface area (TPSA) is 26.0 Å². The maximum atomic E-state index is 12.5. The van der Waals surface area contributed by atoms with Crippen molar-refractivity contribution in [3.05, 3.63) is 36.8 Å². The fourth-order valence-electron chi connectivity index (χ4n) is 0.948. The van der Waals surface area contributed by atoms with E-state index in [1.807, 2.05) is 0 Å². The van der Waals surface area contributed by atoms with Gasteiger partial charge in [0.15, 0.2) is 11.5 Å². The van der Waals surface area contributed by atoms with Crippen LogP contribution in [-0.2, 0) is 0 Å². The van der Waals surface area contributed by atoms with Crippen LogP contribution in [0.15, 0.2) is 22.6 Å². The monoisotopic (exact) mass is 150 g/mol. The molecule has 1 aromatic carbocycles. The molecule has 0 aliphatic heterocycles. The van der Waals surface area contributed by atoms with Crippen molar-refractivity contribution in [2.24, 2.45) is 0 Å². The predicted molar refractivity (Wildman–Crippen MR) is 38.4 cm³/mol. The number of hydrogen-bond acceptors (Lipinski definition) is 2. The van der Waals surface area contributed by atoms with Crippen molar-refractivity contribution in [3.63, 3.8) is 0 Å². The summed E-state index contributed by atoms with van der Waals surface area (Å²) < 4.78 is 17.6. The molecule has 0 saturated carbocycles. The fraction of sp³-hybridized carbons (Fsp3) is 0. The number of halogens is 1. The first-order valence-corrected chi connectivity index (χ1v) is 3.14. The average molecular weight is 150 g/mol. The predicted octanol–water partition coefficient (Wildman–Crippen LogP) is 2.15. The molecule has 2 rings (SSSR count). The number of rotatable bonds is 0. The van der Waals surface area contributed by atoms with Gasteiger partial charge in [0.1, 0.15) is 11.3 Å². The first kappa shape index (κ1) is 6.34. The van der Waals surface area contributed by atoms with Crippen molar-refractivity contribution in [2.75, 3.05) is 0 Å². The molecule has 0 spiro atoms. The second kappa shape index (κ2) is 2.05. The SMILES string of the molecule is [CH2]c1nc2cc(F)ccc2o1. The minimum Gasteiger partial charge on any atom is -0.441 e. The molecule has 1 heterocycles. The zero-order valence-electron chi connectivity index (χ0n) is 5.67. The van der Waals surface area contributed by atoms with Crippen molar-refractivity contribution >= 4 is 11.1 Å². The molecule has 2 nitrogen and oxygen atoms in total. The Hall–Kier alpha value is -1.38. The van der Waals surface area contributed by atoms with Crippen molar-refractivity contribution in [3.8, 4) is 0 Å². The maximum absolute atomic E-state index is 12.5. The minimum absolute atomic E-state index is 0.311. The quantitative estimate of drug-likeness (QED) is 0.575. The first-order chi connectivity index (χ1) is 5.25. The van der Waals surface area contributed by atoms with Crippen LogP contribution in [-0.4, -0.2) is 4.98 Å². The molecule has 0 aliphatic rings. The largest absolute Gasteiger partial charge is 0.441 e. The Labute approximate surface area is 62.7 Å². The van der Waals surface area contributed by atoms with Crippen LogP contribution in [0.1, 0.15) is 5.89 Å². The van der Waals surface area contributed by atoms with Gasteiger partial charge in [0.25, 0.3) is 0 Å². The van der Waals surface area contributed by atoms with E-state index in [0.717, 1.165) is 0 Å². The van der Waals surface area contributed by atoms with Gasteiger partial charge >= 0.3 is 0 Å². The van der Waals surface area contributed by atoms with Crippen LogP contribution in [0.4, 0.5) is 4.39 Å². The summed E-state index contributed by atoms with van der Waals surface area (Å²) in [4.78, 5) is 3.86. The van der Waals surface area contributed by atoms with Gasteiger partial charge < -0.3 is 4.42 Å². The second-order valence-electron chi connectivity index (χ2n) is 2.22. The molecule has 0 bridgehead atoms. The van der Waals surface area contributed by atoms with Crippen LogP contribution in [0.25, 0.3) is 11.1 Å². The minimum atomic E-state index is -0.314. The molecule has 0 N–H and O–H groups in total. The van der Waals surface area contributed by atoms with Gasteiger partial charge in [-0.1, -0.05) is 0 Å². The Morgan fingerprint density at radius 1 is 1.45 bits per heavy atom. The number of hydrogen-bond donors (Lipinski definition) is 0. The van der Waals surface area contributed by atoms with Gasteiger partial charge in [0.2, 0.25) is 0 Å². The molecule has 2 aromatic rings. The number of nitrogens with zero attached hydrogens (tertiary/aromatic N) is 1. The van der Waals surface area contributed by atoms with E-state index < -0.39 is 0 Å². The lowest BCUT2D eigenvalue weighted by molar-refractivity contribution is 0.578. The summed E-state index contributed by atoms with van der Waals surface area (Å²) in [7, 11) is 0. The third kappa shape index (κ3) is 0.981. The summed E-state index contributed by atoms with van der Waals surface area (Å²) in [6, 6.07) is 4.17. The van der Waals surface area contributed by atoms with Crippen LogP contribution in [0.2, 0.25) is 0 Å². The number of fused-ring (bicyclic) bond motifs is 1. The summed E-state index contributed by atoms with van der Waals surface area (Å²) in [6.45, 7) is 3.49. The molecule has 0 amide bonds. The van der Waals surface area contributed by atoms with Gasteiger partial charge in [-0.25, -0.2) is 9.37 Å². The third-order valence-corrected chi connectivity index (χ3v) is 1.39. The van der Waals surface area contributed by atoms with Gasteiger partial charge in [0, 0.05) is 13.0 Å². The highest BCUT2D eigenvalue weighted by Crippen LogP contribution is 2.15. The molecule has 3 heteroatoms.